The molecule has 2 rings (SSSR count). The Bertz CT molecular complexity index is 530. The molecule has 0 saturated carbocycles. The number of rotatable bonds is 4. The quantitative estimate of drug-likeness (QED) is 0.854. The predicted octanol–water partition coefficient (Wildman–Crippen LogP) is 0.907. The number of nitrogens with zero attached hydrogens (tertiary/aromatic N) is 2. The maximum atomic E-state index is 12.0. The van der Waals surface area contributed by atoms with Crippen LogP contribution in [-0.2, 0) is 4.79 Å². The zero-order valence-electron chi connectivity index (χ0n) is 11.5. The third kappa shape index (κ3) is 2.75. The molecule has 20 heavy (non-hydrogen) atoms. The van der Waals surface area contributed by atoms with Crippen molar-refractivity contribution in [3.8, 4) is 0 Å². The summed E-state index contributed by atoms with van der Waals surface area (Å²) < 4.78 is 0. The van der Waals surface area contributed by atoms with Crippen molar-refractivity contribution < 1.29 is 14.7 Å². The molecular formula is C14H19N3O3. The highest BCUT2D eigenvalue weighted by Gasteiger charge is 2.24. The van der Waals surface area contributed by atoms with E-state index in [1.54, 1.807) is 24.1 Å². The smallest absolute Gasteiger partial charge is 0.335 e. The van der Waals surface area contributed by atoms with Gasteiger partial charge in [-0.25, -0.2) is 4.79 Å². The zero-order chi connectivity index (χ0) is 14.7. The Balaban J connectivity index is 2.45. The number of amides is 1. The normalized spacial score (nSPS) is 15.0. The molecule has 0 saturated heterocycles. The summed E-state index contributed by atoms with van der Waals surface area (Å²) in [5, 5.41) is 9.12. The highest BCUT2D eigenvalue weighted by atomic mass is 16.4. The molecule has 108 valence electrons. The largest absolute Gasteiger partial charge is 0.478 e. The molecule has 1 heterocycles. The van der Waals surface area contributed by atoms with Crippen LogP contribution in [0.15, 0.2) is 18.2 Å². The number of carbonyl (C=O) groups excluding carboxylic acids is 1. The van der Waals surface area contributed by atoms with E-state index in [0.717, 1.165) is 17.8 Å². The Labute approximate surface area is 117 Å². The van der Waals surface area contributed by atoms with Gasteiger partial charge in [-0.3, -0.25) is 4.79 Å². The molecular weight excluding hydrogens is 258 g/mol. The van der Waals surface area contributed by atoms with Crippen molar-refractivity contribution >= 4 is 23.3 Å². The van der Waals surface area contributed by atoms with E-state index >= 15 is 0 Å². The van der Waals surface area contributed by atoms with Crippen LogP contribution < -0.4 is 15.5 Å². The first kappa shape index (κ1) is 14.3. The summed E-state index contributed by atoms with van der Waals surface area (Å²) in [4.78, 5) is 26.7. The minimum atomic E-state index is -0.968. The number of carboxylic acids is 1. The number of nitrogens with two attached hydrogens (primary N) is 1. The molecule has 0 aromatic heterocycles. The summed E-state index contributed by atoms with van der Waals surface area (Å²) in [5.41, 5.74) is 7.29. The maximum absolute atomic E-state index is 12.0. The predicted molar refractivity (Wildman–Crippen MR) is 77.3 cm³/mol. The van der Waals surface area contributed by atoms with Gasteiger partial charge in [-0.15, -0.1) is 0 Å². The molecule has 0 spiro atoms. The van der Waals surface area contributed by atoms with Crippen LogP contribution in [0.2, 0.25) is 0 Å². The second-order valence-electron chi connectivity index (χ2n) is 4.84. The van der Waals surface area contributed by atoms with Crippen LogP contribution in [0.25, 0.3) is 0 Å². The van der Waals surface area contributed by atoms with Gasteiger partial charge >= 0.3 is 5.97 Å². The fourth-order valence-corrected chi connectivity index (χ4v) is 2.36. The number of fused-ring (bicyclic) bond motifs is 1. The first-order valence-electron chi connectivity index (χ1n) is 6.63. The van der Waals surface area contributed by atoms with E-state index in [-0.39, 0.29) is 11.5 Å². The number of carboxylic acid groups (broad SMARTS) is 1. The van der Waals surface area contributed by atoms with Gasteiger partial charge < -0.3 is 20.6 Å². The summed E-state index contributed by atoms with van der Waals surface area (Å²) in [5.74, 6) is -0.936. The highest BCUT2D eigenvalue weighted by Crippen LogP contribution is 2.33. The van der Waals surface area contributed by atoms with Crippen LogP contribution in [-0.4, -0.2) is 43.7 Å². The second kappa shape index (κ2) is 5.92. The molecule has 0 radical (unpaired) electrons. The minimum Gasteiger partial charge on any atom is -0.478 e. The number of carbonyl (C=O) groups is 2. The lowest BCUT2D eigenvalue weighted by Crippen LogP contribution is -2.27. The fourth-order valence-electron chi connectivity index (χ4n) is 2.36. The summed E-state index contributed by atoms with van der Waals surface area (Å²) >= 11 is 0. The minimum absolute atomic E-state index is 0.0320. The van der Waals surface area contributed by atoms with Gasteiger partial charge in [0, 0.05) is 26.6 Å². The van der Waals surface area contributed by atoms with E-state index in [9.17, 15) is 9.59 Å². The third-order valence-corrected chi connectivity index (χ3v) is 3.53. The Morgan fingerprint density at radius 2 is 2.15 bits per heavy atom. The van der Waals surface area contributed by atoms with Crippen LogP contribution in [0.1, 0.15) is 23.2 Å². The van der Waals surface area contributed by atoms with Crippen molar-refractivity contribution in [3.63, 3.8) is 0 Å². The van der Waals surface area contributed by atoms with Crippen LogP contribution in [0.4, 0.5) is 11.4 Å². The monoisotopic (exact) mass is 277 g/mol. The molecule has 1 amide bonds. The molecule has 0 atom stereocenters. The van der Waals surface area contributed by atoms with E-state index in [1.165, 1.54) is 6.07 Å². The van der Waals surface area contributed by atoms with E-state index in [2.05, 4.69) is 0 Å². The lowest BCUT2D eigenvalue weighted by Gasteiger charge is -2.25. The molecule has 1 aliphatic heterocycles. The highest BCUT2D eigenvalue weighted by molar-refractivity contribution is 6.00. The maximum Gasteiger partial charge on any atom is 0.335 e. The molecule has 6 nitrogen and oxygen atoms in total. The van der Waals surface area contributed by atoms with Crippen molar-refractivity contribution in [1.82, 2.24) is 0 Å². The summed E-state index contributed by atoms with van der Waals surface area (Å²) in [6.07, 6.45) is 1.22. The van der Waals surface area contributed by atoms with E-state index in [1.807, 2.05) is 4.90 Å². The van der Waals surface area contributed by atoms with Crippen molar-refractivity contribution in [2.75, 3.05) is 36.5 Å². The standard InChI is InChI=1S/C14H19N3O3/c1-16-11-4-3-10(14(19)20)9-12(11)17(7-2-6-15)8-5-13(16)18/h3-4,9H,2,5-8,15H2,1H3,(H,19,20). The molecule has 0 aliphatic carbocycles. The van der Waals surface area contributed by atoms with E-state index < -0.39 is 5.97 Å². The van der Waals surface area contributed by atoms with Gasteiger partial charge in [-0.1, -0.05) is 0 Å². The van der Waals surface area contributed by atoms with Crippen LogP contribution >= 0.6 is 0 Å². The van der Waals surface area contributed by atoms with E-state index in [0.29, 0.717) is 26.1 Å². The first-order valence-corrected chi connectivity index (χ1v) is 6.63. The average molecular weight is 277 g/mol. The van der Waals surface area contributed by atoms with E-state index in [4.69, 9.17) is 10.8 Å². The number of hydrogen-bond donors (Lipinski definition) is 2. The topological polar surface area (TPSA) is 86.9 Å². The molecule has 1 aromatic rings. The van der Waals surface area contributed by atoms with Gasteiger partial charge in [0.1, 0.15) is 0 Å². The van der Waals surface area contributed by atoms with Gasteiger partial charge in [0.25, 0.3) is 0 Å². The van der Waals surface area contributed by atoms with Gasteiger partial charge in [0.15, 0.2) is 0 Å². The number of aromatic carboxylic acids is 1. The van der Waals surface area contributed by atoms with Crippen LogP contribution in [0, 0.1) is 0 Å². The molecule has 1 aliphatic rings. The summed E-state index contributed by atoms with van der Waals surface area (Å²) in [6.45, 7) is 1.86. The third-order valence-electron chi connectivity index (χ3n) is 3.53. The number of hydrogen-bond acceptors (Lipinski definition) is 4. The number of anilines is 2. The van der Waals surface area contributed by atoms with Gasteiger partial charge in [-0.05, 0) is 31.2 Å². The van der Waals surface area contributed by atoms with Crippen molar-refractivity contribution in [2.24, 2.45) is 5.73 Å². The summed E-state index contributed by atoms with van der Waals surface area (Å²) in [7, 11) is 1.72. The molecule has 3 N–H and O–H groups in total. The van der Waals surface area contributed by atoms with Crippen molar-refractivity contribution in [3.05, 3.63) is 23.8 Å². The molecule has 0 unspecified atom stereocenters. The van der Waals surface area contributed by atoms with Crippen LogP contribution in [0.5, 0.6) is 0 Å². The average Bonchev–Trinajstić information content (AvgIpc) is 2.56. The molecule has 6 heteroatoms. The lowest BCUT2D eigenvalue weighted by molar-refractivity contribution is -0.118. The molecule has 0 fully saturated rings. The first-order chi connectivity index (χ1) is 9.54. The second-order valence-corrected chi connectivity index (χ2v) is 4.84. The van der Waals surface area contributed by atoms with Crippen molar-refractivity contribution in [1.29, 1.82) is 0 Å². The zero-order valence-corrected chi connectivity index (χ0v) is 11.5. The molecule has 0 bridgehead atoms. The van der Waals surface area contributed by atoms with Gasteiger partial charge in [-0.2, -0.15) is 0 Å². The van der Waals surface area contributed by atoms with Crippen molar-refractivity contribution in [2.45, 2.75) is 12.8 Å². The Morgan fingerprint density at radius 3 is 2.80 bits per heavy atom. The summed E-state index contributed by atoms with van der Waals surface area (Å²) in [6, 6.07) is 4.85. The number of benzene rings is 1. The van der Waals surface area contributed by atoms with Crippen LogP contribution in [0.3, 0.4) is 0 Å². The Hall–Kier alpha value is -2.08. The fraction of sp³-hybridized carbons (Fsp3) is 0.429. The SMILES string of the molecule is CN1C(=O)CCN(CCCN)c2cc(C(=O)O)ccc21. The Kier molecular flexibility index (Phi) is 4.24. The lowest BCUT2D eigenvalue weighted by atomic mass is 10.1. The van der Waals surface area contributed by atoms with Gasteiger partial charge in [0.2, 0.25) is 5.91 Å². The molecule has 1 aromatic carbocycles. The Morgan fingerprint density at radius 1 is 1.40 bits per heavy atom. The van der Waals surface area contributed by atoms with Gasteiger partial charge in [0.05, 0.1) is 16.9 Å².